The summed E-state index contributed by atoms with van der Waals surface area (Å²) in [6.07, 6.45) is 0.175. The summed E-state index contributed by atoms with van der Waals surface area (Å²) in [4.78, 5) is 13.0. The van der Waals surface area contributed by atoms with Gasteiger partial charge in [-0.05, 0) is 48.4 Å². The lowest BCUT2D eigenvalue weighted by Gasteiger charge is -2.16. The number of sulfonamides is 1. The molecule has 0 bridgehead atoms. The number of methoxy groups -OCH3 is 1. The summed E-state index contributed by atoms with van der Waals surface area (Å²) < 4.78 is 31.3. The highest BCUT2D eigenvalue weighted by atomic mass is 32.2. The van der Waals surface area contributed by atoms with E-state index in [-0.39, 0.29) is 12.2 Å². The van der Waals surface area contributed by atoms with Gasteiger partial charge in [-0.25, -0.2) is 13.6 Å². The minimum absolute atomic E-state index is 0.134. The maximum atomic E-state index is 13.0. The van der Waals surface area contributed by atoms with E-state index < -0.39 is 15.3 Å². The van der Waals surface area contributed by atoms with Crippen LogP contribution in [0.15, 0.2) is 60.7 Å². The van der Waals surface area contributed by atoms with Crippen LogP contribution in [0.25, 0.3) is 0 Å². The van der Waals surface area contributed by atoms with Crippen LogP contribution in [-0.4, -0.2) is 25.9 Å². The molecule has 0 saturated carbocycles. The van der Waals surface area contributed by atoms with E-state index in [4.69, 9.17) is 9.88 Å². The molecule has 29 heavy (non-hydrogen) atoms. The van der Waals surface area contributed by atoms with E-state index >= 15 is 0 Å². The molecule has 0 radical (unpaired) electrons. The molecule has 0 spiro atoms. The number of ether oxygens (including phenoxy) is 1. The molecule has 0 amide bonds. The second kappa shape index (κ2) is 8.23. The third-order valence-corrected chi connectivity index (χ3v) is 6.33. The molecular weight excluding hydrogens is 388 g/mol. The zero-order chi connectivity index (χ0) is 21.2. The van der Waals surface area contributed by atoms with Gasteiger partial charge in [0.15, 0.2) is 0 Å². The lowest BCUT2D eigenvalue weighted by molar-refractivity contribution is 0.103. The Hall–Kier alpha value is -2.90. The number of aromatic nitrogens is 1. The summed E-state index contributed by atoms with van der Waals surface area (Å²) in [5.74, 6) is 0.552. The zero-order valence-electron chi connectivity index (χ0n) is 16.6. The largest absolute Gasteiger partial charge is 0.497 e. The van der Waals surface area contributed by atoms with Crippen molar-refractivity contribution in [2.75, 3.05) is 7.11 Å². The predicted octanol–water partition coefficient (Wildman–Crippen LogP) is 3.15. The van der Waals surface area contributed by atoms with Crippen molar-refractivity contribution in [3.63, 3.8) is 0 Å². The molecule has 152 valence electrons. The van der Waals surface area contributed by atoms with E-state index in [1.807, 2.05) is 19.1 Å². The third-order valence-electron chi connectivity index (χ3n) is 5.10. The number of benzene rings is 2. The molecule has 1 heterocycles. The molecule has 0 aliphatic carbocycles. The molecule has 7 heteroatoms. The maximum absolute atomic E-state index is 13.0. The smallest absolute Gasteiger partial charge is 0.216 e. The first-order valence-corrected chi connectivity index (χ1v) is 10.7. The Morgan fingerprint density at radius 3 is 2.38 bits per heavy atom. The molecule has 3 rings (SSSR count). The number of carbonyl (C=O) groups excluding carboxylic acids is 1. The molecule has 2 aromatic carbocycles. The number of nitrogens with two attached hydrogens (primary N) is 1. The van der Waals surface area contributed by atoms with E-state index in [9.17, 15) is 13.2 Å². The fourth-order valence-electron chi connectivity index (χ4n) is 3.42. The molecule has 0 saturated heterocycles. The number of aryl methyl sites for hydroxylation is 1. The normalized spacial score (nSPS) is 12.6. The molecule has 0 fully saturated rings. The van der Waals surface area contributed by atoms with Crippen LogP contribution < -0.4 is 9.88 Å². The summed E-state index contributed by atoms with van der Waals surface area (Å²) in [5.41, 5.74) is 3.19. The second-order valence-electron chi connectivity index (χ2n) is 6.97. The van der Waals surface area contributed by atoms with Gasteiger partial charge in [0, 0.05) is 24.7 Å². The van der Waals surface area contributed by atoms with Gasteiger partial charge in [-0.3, -0.25) is 4.79 Å². The fraction of sp³-hybridized carbons (Fsp3) is 0.227. The molecule has 1 unspecified atom stereocenters. The highest BCUT2D eigenvalue weighted by molar-refractivity contribution is 7.89. The van der Waals surface area contributed by atoms with Crippen molar-refractivity contribution in [3.8, 4) is 5.75 Å². The van der Waals surface area contributed by atoms with Gasteiger partial charge < -0.3 is 9.30 Å². The number of primary sulfonamides is 1. The molecule has 3 aromatic rings. The van der Waals surface area contributed by atoms with Gasteiger partial charge in [-0.15, -0.1) is 0 Å². The quantitative estimate of drug-likeness (QED) is 0.604. The Bertz CT molecular complexity index is 1130. The van der Waals surface area contributed by atoms with Gasteiger partial charge in [0.2, 0.25) is 15.8 Å². The summed E-state index contributed by atoms with van der Waals surface area (Å²) >= 11 is 0. The van der Waals surface area contributed by atoms with Crippen LogP contribution in [0.1, 0.15) is 38.1 Å². The van der Waals surface area contributed by atoms with Crippen molar-refractivity contribution in [3.05, 3.63) is 88.7 Å². The first-order valence-electron chi connectivity index (χ1n) is 9.13. The zero-order valence-corrected chi connectivity index (χ0v) is 17.4. The van der Waals surface area contributed by atoms with Crippen LogP contribution in [0.4, 0.5) is 0 Å². The van der Waals surface area contributed by atoms with E-state index in [0.29, 0.717) is 28.3 Å². The van der Waals surface area contributed by atoms with Crippen LogP contribution in [0.2, 0.25) is 0 Å². The number of ketones is 1. The van der Waals surface area contributed by atoms with Crippen LogP contribution in [0.3, 0.4) is 0 Å². The minimum atomic E-state index is -3.82. The Balaban J connectivity index is 1.93. The Morgan fingerprint density at radius 2 is 1.79 bits per heavy atom. The number of nitrogens with zero attached hydrogens (tertiary/aromatic N) is 1. The number of carbonyl (C=O) groups is 1. The molecular formula is C22H24N2O4S. The van der Waals surface area contributed by atoms with Gasteiger partial charge >= 0.3 is 0 Å². The first-order chi connectivity index (χ1) is 13.7. The van der Waals surface area contributed by atoms with Crippen molar-refractivity contribution in [2.45, 2.75) is 18.6 Å². The summed E-state index contributed by atoms with van der Waals surface area (Å²) in [6.45, 7) is 1.85. The van der Waals surface area contributed by atoms with Crippen LogP contribution in [0.5, 0.6) is 5.75 Å². The van der Waals surface area contributed by atoms with E-state index in [1.165, 1.54) is 0 Å². The van der Waals surface area contributed by atoms with Gasteiger partial charge in [0.05, 0.1) is 12.8 Å². The third kappa shape index (κ3) is 4.41. The molecule has 1 atom stereocenters. The van der Waals surface area contributed by atoms with Crippen LogP contribution in [0, 0.1) is 6.92 Å². The van der Waals surface area contributed by atoms with E-state index in [0.717, 1.165) is 5.56 Å². The fourth-order valence-corrected chi connectivity index (χ4v) is 4.36. The Morgan fingerprint density at radius 1 is 1.10 bits per heavy atom. The van der Waals surface area contributed by atoms with Gasteiger partial charge in [0.1, 0.15) is 11.0 Å². The minimum Gasteiger partial charge on any atom is -0.497 e. The summed E-state index contributed by atoms with van der Waals surface area (Å²) in [5, 5.41) is 4.61. The average molecular weight is 413 g/mol. The predicted molar refractivity (Wildman–Crippen MR) is 113 cm³/mol. The Kier molecular flexibility index (Phi) is 5.91. The molecule has 6 nitrogen and oxygen atoms in total. The molecule has 0 aliphatic rings. The van der Waals surface area contributed by atoms with Crippen molar-refractivity contribution < 1.29 is 17.9 Å². The highest BCUT2D eigenvalue weighted by Gasteiger charge is 2.26. The van der Waals surface area contributed by atoms with E-state index in [1.54, 1.807) is 67.3 Å². The summed E-state index contributed by atoms with van der Waals surface area (Å²) in [7, 11) is -0.488. The molecule has 1 aromatic heterocycles. The van der Waals surface area contributed by atoms with Crippen molar-refractivity contribution >= 4 is 15.8 Å². The summed E-state index contributed by atoms with van der Waals surface area (Å²) in [6, 6.07) is 17.6. The first kappa shape index (κ1) is 20.8. The molecule has 2 N–H and O–H groups in total. The number of hydrogen-bond donors (Lipinski definition) is 1. The SMILES string of the molecule is COc1ccc(C(=O)c2ccc(CC(c3ccccc3)S(N)(=O)=O)n2C)c(C)c1. The van der Waals surface area contributed by atoms with Crippen LogP contribution >= 0.6 is 0 Å². The van der Waals surface area contributed by atoms with Gasteiger partial charge in [-0.2, -0.15) is 0 Å². The number of rotatable bonds is 7. The lowest BCUT2D eigenvalue weighted by Crippen LogP contribution is -2.24. The average Bonchev–Trinajstić information content (AvgIpc) is 3.05. The maximum Gasteiger partial charge on any atom is 0.216 e. The second-order valence-corrected chi connectivity index (χ2v) is 8.72. The molecule has 0 aliphatic heterocycles. The lowest BCUT2D eigenvalue weighted by atomic mass is 10.0. The Labute approximate surface area is 171 Å². The highest BCUT2D eigenvalue weighted by Crippen LogP contribution is 2.27. The van der Waals surface area contributed by atoms with Crippen molar-refractivity contribution in [1.82, 2.24) is 4.57 Å². The van der Waals surface area contributed by atoms with Gasteiger partial charge in [-0.1, -0.05) is 30.3 Å². The van der Waals surface area contributed by atoms with Gasteiger partial charge in [0.25, 0.3) is 0 Å². The van der Waals surface area contributed by atoms with Crippen molar-refractivity contribution in [1.29, 1.82) is 0 Å². The monoisotopic (exact) mass is 412 g/mol. The van der Waals surface area contributed by atoms with E-state index in [2.05, 4.69) is 0 Å². The number of hydrogen-bond acceptors (Lipinski definition) is 4. The standard InChI is InChI=1S/C22H24N2O4S/c1-15-13-18(28-3)10-11-19(15)22(25)20-12-9-17(24(20)2)14-21(29(23,26)27)16-7-5-4-6-8-16/h4-13,21H,14H2,1-3H3,(H2,23,26,27). The van der Waals surface area contributed by atoms with Crippen LogP contribution in [-0.2, 0) is 23.5 Å². The topological polar surface area (TPSA) is 91.4 Å². The van der Waals surface area contributed by atoms with Crippen molar-refractivity contribution in [2.24, 2.45) is 12.2 Å².